The van der Waals surface area contributed by atoms with E-state index in [0.29, 0.717) is 11.6 Å². The van der Waals surface area contributed by atoms with Gasteiger partial charge in [-0.2, -0.15) is 11.8 Å². The highest BCUT2D eigenvalue weighted by Crippen LogP contribution is 2.31. The van der Waals surface area contributed by atoms with Gasteiger partial charge in [-0.3, -0.25) is 4.98 Å². The van der Waals surface area contributed by atoms with Crippen molar-refractivity contribution < 1.29 is 9.90 Å². The van der Waals surface area contributed by atoms with Crippen molar-refractivity contribution in [3.63, 3.8) is 0 Å². The van der Waals surface area contributed by atoms with Gasteiger partial charge in [0.05, 0.1) is 22.6 Å². The Morgan fingerprint density at radius 2 is 2.28 bits per heavy atom. The number of carboxylic acids is 1. The lowest BCUT2D eigenvalue weighted by Crippen LogP contribution is -2.18. The molecule has 1 aromatic rings. The van der Waals surface area contributed by atoms with E-state index in [4.69, 9.17) is 5.73 Å². The van der Waals surface area contributed by atoms with E-state index in [1.807, 2.05) is 0 Å². The van der Waals surface area contributed by atoms with Crippen LogP contribution in [0.4, 0.5) is 5.69 Å². The number of anilines is 1. The normalized spacial score (nSPS) is 14.6. The maximum absolute atomic E-state index is 11.4. The smallest absolute Gasteiger partial charge is 0.338 e. The minimum absolute atomic E-state index is 0.288. The summed E-state index contributed by atoms with van der Waals surface area (Å²) in [6.45, 7) is 4.16. The van der Waals surface area contributed by atoms with Crippen LogP contribution >= 0.6 is 11.8 Å². The highest BCUT2D eigenvalue weighted by molar-refractivity contribution is 7.98. The molecule has 0 radical (unpaired) electrons. The van der Waals surface area contributed by atoms with E-state index in [0.717, 1.165) is 41.3 Å². The summed E-state index contributed by atoms with van der Waals surface area (Å²) in [5, 5.41) is 9.37. The molecule has 0 unspecified atom stereocenters. The predicted octanol–water partition coefficient (Wildman–Crippen LogP) is 2.35. The van der Waals surface area contributed by atoms with Crippen LogP contribution in [0.15, 0.2) is 0 Å². The number of nitrogens with two attached hydrogens (primary N) is 1. The summed E-state index contributed by atoms with van der Waals surface area (Å²) in [5.74, 6) is 1.22. The first-order chi connectivity index (χ1) is 8.50. The molecule has 5 heteroatoms. The van der Waals surface area contributed by atoms with Gasteiger partial charge in [0.2, 0.25) is 0 Å². The van der Waals surface area contributed by atoms with Crippen LogP contribution in [-0.4, -0.2) is 21.8 Å². The fourth-order valence-corrected chi connectivity index (χ4v) is 3.19. The summed E-state index contributed by atoms with van der Waals surface area (Å²) < 4.78 is 0. The molecule has 18 heavy (non-hydrogen) atoms. The first-order valence-corrected chi connectivity index (χ1v) is 7.27. The lowest BCUT2D eigenvalue weighted by molar-refractivity contribution is 0.0696. The largest absolute Gasteiger partial charge is 0.478 e. The number of nitrogen functional groups attached to an aromatic ring is 1. The van der Waals surface area contributed by atoms with Gasteiger partial charge in [-0.05, 0) is 30.1 Å². The van der Waals surface area contributed by atoms with Gasteiger partial charge in [-0.15, -0.1) is 0 Å². The van der Waals surface area contributed by atoms with Crippen molar-refractivity contribution in [2.45, 2.75) is 32.4 Å². The Morgan fingerprint density at radius 3 is 2.89 bits per heavy atom. The summed E-state index contributed by atoms with van der Waals surface area (Å²) in [6, 6.07) is 0. The number of aromatic nitrogens is 1. The van der Waals surface area contributed by atoms with Gasteiger partial charge in [0.1, 0.15) is 0 Å². The van der Waals surface area contributed by atoms with Gasteiger partial charge in [-0.1, -0.05) is 13.8 Å². The average molecular weight is 266 g/mol. The molecule has 1 aliphatic rings. The zero-order valence-electron chi connectivity index (χ0n) is 10.7. The number of carboxylic acid groups (broad SMARTS) is 1. The molecule has 0 aliphatic carbocycles. The minimum Gasteiger partial charge on any atom is -0.478 e. The van der Waals surface area contributed by atoms with Crippen molar-refractivity contribution in [2.24, 2.45) is 5.92 Å². The SMILES string of the molecule is CC(C)Cc1nc2c(c(C(=O)O)c1N)CCSC2. The van der Waals surface area contributed by atoms with Crippen molar-refractivity contribution in [1.29, 1.82) is 0 Å². The topological polar surface area (TPSA) is 76.2 Å². The number of hydrogen-bond acceptors (Lipinski definition) is 4. The molecule has 3 N–H and O–H groups in total. The van der Waals surface area contributed by atoms with Crippen LogP contribution in [0.1, 0.15) is 41.2 Å². The van der Waals surface area contributed by atoms with Crippen molar-refractivity contribution in [3.8, 4) is 0 Å². The number of nitrogens with zero attached hydrogens (tertiary/aromatic N) is 1. The molecular weight excluding hydrogens is 248 g/mol. The molecule has 4 nitrogen and oxygen atoms in total. The molecule has 0 fully saturated rings. The first-order valence-electron chi connectivity index (χ1n) is 6.11. The summed E-state index contributed by atoms with van der Waals surface area (Å²) in [7, 11) is 0. The molecule has 1 aliphatic heterocycles. The third-order valence-corrected chi connectivity index (χ3v) is 4.02. The van der Waals surface area contributed by atoms with Crippen LogP contribution in [0.3, 0.4) is 0 Å². The molecule has 0 spiro atoms. The van der Waals surface area contributed by atoms with E-state index in [-0.39, 0.29) is 5.56 Å². The van der Waals surface area contributed by atoms with Gasteiger partial charge in [0.15, 0.2) is 0 Å². The zero-order chi connectivity index (χ0) is 13.3. The molecule has 0 saturated carbocycles. The highest BCUT2D eigenvalue weighted by Gasteiger charge is 2.24. The van der Waals surface area contributed by atoms with Gasteiger partial charge in [0.25, 0.3) is 0 Å². The second-order valence-corrected chi connectivity index (χ2v) is 6.08. The maximum Gasteiger partial charge on any atom is 0.338 e. The summed E-state index contributed by atoms with van der Waals surface area (Å²) in [5.41, 5.74) is 9.15. The van der Waals surface area contributed by atoms with Crippen LogP contribution < -0.4 is 5.73 Å². The van der Waals surface area contributed by atoms with Crippen LogP contribution in [0, 0.1) is 5.92 Å². The third-order valence-electron chi connectivity index (χ3n) is 3.05. The molecule has 0 bridgehead atoms. The summed E-state index contributed by atoms with van der Waals surface area (Å²) in [4.78, 5) is 16.0. The number of rotatable bonds is 3. The average Bonchev–Trinajstić information content (AvgIpc) is 2.29. The van der Waals surface area contributed by atoms with Crippen molar-refractivity contribution in [3.05, 3.63) is 22.5 Å². The lowest BCUT2D eigenvalue weighted by Gasteiger charge is -2.21. The quantitative estimate of drug-likeness (QED) is 0.878. The number of carbonyl (C=O) groups is 1. The molecule has 0 aromatic carbocycles. The Labute approximate surface area is 111 Å². The predicted molar refractivity (Wildman–Crippen MR) is 74.0 cm³/mol. The molecule has 1 aromatic heterocycles. The standard InChI is InChI=1S/C13H18N2O2S/c1-7(2)5-9-12(14)11(13(16)17)8-3-4-18-6-10(8)15-9/h7H,3-6,14H2,1-2H3,(H,16,17). The molecule has 2 rings (SSSR count). The molecule has 0 saturated heterocycles. The number of hydrogen-bond donors (Lipinski definition) is 2. The van der Waals surface area contributed by atoms with Gasteiger partial charge >= 0.3 is 5.97 Å². The van der Waals surface area contributed by atoms with Gasteiger partial charge in [0, 0.05) is 5.75 Å². The van der Waals surface area contributed by atoms with Crippen LogP contribution in [0.5, 0.6) is 0 Å². The monoisotopic (exact) mass is 266 g/mol. The first kappa shape index (κ1) is 13.2. The lowest BCUT2D eigenvalue weighted by atomic mass is 9.97. The number of thioether (sulfide) groups is 1. The van der Waals surface area contributed by atoms with Crippen LogP contribution in [0.25, 0.3) is 0 Å². The van der Waals surface area contributed by atoms with Crippen LogP contribution in [0.2, 0.25) is 0 Å². The minimum atomic E-state index is -0.928. The highest BCUT2D eigenvalue weighted by atomic mass is 32.2. The van der Waals surface area contributed by atoms with Crippen molar-refractivity contribution in [2.75, 3.05) is 11.5 Å². The fraction of sp³-hybridized carbons (Fsp3) is 0.538. The summed E-state index contributed by atoms with van der Waals surface area (Å²) in [6.07, 6.45) is 1.48. The Hall–Kier alpha value is -1.23. The number of aromatic carboxylic acids is 1. The molecule has 0 atom stereocenters. The van der Waals surface area contributed by atoms with E-state index in [1.165, 1.54) is 0 Å². The van der Waals surface area contributed by atoms with E-state index < -0.39 is 5.97 Å². The van der Waals surface area contributed by atoms with Crippen LogP contribution in [-0.2, 0) is 18.6 Å². The second-order valence-electron chi connectivity index (χ2n) is 4.98. The van der Waals surface area contributed by atoms with Crippen molar-refractivity contribution in [1.82, 2.24) is 4.98 Å². The van der Waals surface area contributed by atoms with E-state index in [2.05, 4.69) is 18.8 Å². The number of fused-ring (bicyclic) bond motifs is 1. The molecular formula is C13H18N2O2S. The Balaban J connectivity index is 2.57. The van der Waals surface area contributed by atoms with Crippen molar-refractivity contribution >= 4 is 23.4 Å². The van der Waals surface area contributed by atoms with Gasteiger partial charge in [-0.25, -0.2) is 4.79 Å². The molecule has 0 amide bonds. The maximum atomic E-state index is 11.4. The summed E-state index contributed by atoms with van der Waals surface area (Å²) >= 11 is 1.80. The van der Waals surface area contributed by atoms with Gasteiger partial charge < -0.3 is 10.8 Å². The Kier molecular flexibility index (Phi) is 3.80. The third kappa shape index (κ3) is 2.46. The Bertz CT molecular complexity index is 486. The van der Waals surface area contributed by atoms with E-state index in [9.17, 15) is 9.90 Å². The number of pyridine rings is 1. The molecule has 2 heterocycles. The zero-order valence-corrected chi connectivity index (χ0v) is 11.5. The van der Waals surface area contributed by atoms with E-state index >= 15 is 0 Å². The van der Waals surface area contributed by atoms with E-state index in [1.54, 1.807) is 11.8 Å². The second kappa shape index (κ2) is 5.18. The fourth-order valence-electron chi connectivity index (χ4n) is 2.26. The Morgan fingerprint density at radius 1 is 1.56 bits per heavy atom. The molecule has 98 valence electrons.